The van der Waals surface area contributed by atoms with Gasteiger partial charge in [0, 0.05) is 0 Å². The zero-order valence-corrected chi connectivity index (χ0v) is 12.2. The van der Waals surface area contributed by atoms with Crippen molar-refractivity contribution >= 4 is 11.2 Å². The number of imidazole rings is 1. The first kappa shape index (κ1) is 15.1. The first-order valence-electron chi connectivity index (χ1n) is 6.87. The molecule has 1 aliphatic heterocycles. The second kappa shape index (κ2) is 5.11. The summed E-state index contributed by atoms with van der Waals surface area (Å²) in [6, 6.07) is 0. The molecule has 0 spiro atoms. The number of nitrogens with one attached hydrogen (secondary N) is 1. The van der Waals surface area contributed by atoms with Crippen LogP contribution in [0.3, 0.4) is 0 Å². The summed E-state index contributed by atoms with van der Waals surface area (Å²) >= 11 is 0. The number of ether oxygens (including phenoxy) is 1. The Labute approximate surface area is 124 Å². The molecule has 1 fully saturated rings. The minimum Gasteiger partial charge on any atom is -0.393 e. The molecule has 8 nitrogen and oxygen atoms in total. The first-order valence-corrected chi connectivity index (χ1v) is 6.87. The van der Waals surface area contributed by atoms with E-state index in [1.165, 1.54) is 17.8 Å². The van der Waals surface area contributed by atoms with Crippen LogP contribution in [0.4, 0.5) is 4.39 Å². The molecular formula is C13H17FN4O4. The number of alkyl halides is 1. The van der Waals surface area contributed by atoms with Gasteiger partial charge in [-0.15, -0.1) is 0 Å². The van der Waals surface area contributed by atoms with Gasteiger partial charge in [-0.3, -0.25) is 13.8 Å². The molecule has 3 heterocycles. The van der Waals surface area contributed by atoms with Crippen molar-refractivity contribution in [1.29, 1.82) is 0 Å². The molecule has 2 aromatic rings. The lowest BCUT2D eigenvalue weighted by atomic mass is 9.92. The molecule has 0 aromatic carbocycles. The molecule has 120 valence electrons. The smallest absolute Gasteiger partial charge is 0.279 e. The van der Waals surface area contributed by atoms with E-state index in [1.807, 2.05) is 0 Å². The van der Waals surface area contributed by atoms with Crippen LogP contribution in [-0.2, 0) is 4.74 Å². The first-order chi connectivity index (χ1) is 10.4. The number of aromatic nitrogens is 4. The van der Waals surface area contributed by atoms with Gasteiger partial charge in [0.25, 0.3) is 5.56 Å². The highest BCUT2D eigenvalue weighted by molar-refractivity contribution is 5.69. The van der Waals surface area contributed by atoms with Gasteiger partial charge in [-0.25, -0.2) is 9.97 Å². The molecule has 4 atom stereocenters. The molecule has 3 N–H and O–H groups in total. The number of nitrogens with zero attached hydrogens (tertiary/aromatic N) is 3. The fraction of sp³-hybridized carbons (Fsp3) is 0.615. The molecule has 2 aromatic heterocycles. The van der Waals surface area contributed by atoms with Crippen molar-refractivity contribution in [3.05, 3.63) is 22.5 Å². The Morgan fingerprint density at radius 1 is 1.59 bits per heavy atom. The fourth-order valence-electron chi connectivity index (χ4n) is 2.82. The molecule has 0 saturated carbocycles. The normalized spacial score (nSPS) is 32.0. The summed E-state index contributed by atoms with van der Waals surface area (Å²) in [7, 11) is 0. The zero-order chi connectivity index (χ0) is 16.1. The minimum atomic E-state index is -1.28. The third kappa shape index (κ3) is 2.04. The molecule has 1 aliphatic rings. The van der Waals surface area contributed by atoms with Gasteiger partial charge >= 0.3 is 0 Å². The summed E-state index contributed by atoms with van der Waals surface area (Å²) in [4.78, 5) is 22.6. The number of rotatable bonds is 3. The average molecular weight is 312 g/mol. The van der Waals surface area contributed by atoms with Gasteiger partial charge in [-0.05, 0) is 13.8 Å². The van der Waals surface area contributed by atoms with Crippen molar-refractivity contribution in [3.63, 3.8) is 0 Å². The molecule has 0 amide bonds. The second-order valence-electron chi connectivity index (χ2n) is 5.72. The van der Waals surface area contributed by atoms with Crippen molar-refractivity contribution in [3.8, 4) is 0 Å². The Bertz CT molecular complexity index is 760. The lowest BCUT2D eigenvalue weighted by molar-refractivity contribution is -0.115. The number of aromatic amines is 1. The summed E-state index contributed by atoms with van der Waals surface area (Å²) in [5, 5.41) is 19.6. The SMILES string of the molecule is Cc1nc2c(ncn2[C@@H]2O[C@](C)(CO)[C@@H](O)[C@@H]2CF)c(=O)[nH]1. The number of aryl methyl sites for hydroxylation is 1. The molecule has 9 heteroatoms. The van der Waals surface area contributed by atoms with E-state index >= 15 is 0 Å². The summed E-state index contributed by atoms with van der Waals surface area (Å²) in [6.45, 7) is 1.82. The summed E-state index contributed by atoms with van der Waals surface area (Å²) < 4.78 is 20.5. The van der Waals surface area contributed by atoms with Crippen LogP contribution in [0.15, 0.2) is 11.1 Å². The average Bonchev–Trinajstić information content (AvgIpc) is 3.00. The highest BCUT2D eigenvalue weighted by Crippen LogP contribution is 2.42. The Kier molecular flexibility index (Phi) is 3.50. The van der Waals surface area contributed by atoms with E-state index < -0.39 is 42.7 Å². The van der Waals surface area contributed by atoms with Gasteiger partial charge in [0.15, 0.2) is 11.2 Å². The van der Waals surface area contributed by atoms with Crippen LogP contribution < -0.4 is 5.56 Å². The number of H-pyrrole nitrogens is 1. The van der Waals surface area contributed by atoms with Crippen molar-refractivity contribution in [2.24, 2.45) is 5.92 Å². The van der Waals surface area contributed by atoms with Crippen molar-refractivity contribution in [1.82, 2.24) is 19.5 Å². The van der Waals surface area contributed by atoms with Gasteiger partial charge in [-0.2, -0.15) is 0 Å². The maximum absolute atomic E-state index is 13.4. The number of halogens is 1. The number of hydrogen-bond acceptors (Lipinski definition) is 6. The number of hydrogen-bond donors (Lipinski definition) is 3. The third-order valence-electron chi connectivity index (χ3n) is 4.10. The topological polar surface area (TPSA) is 113 Å². The van der Waals surface area contributed by atoms with Crippen LogP contribution in [0.25, 0.3) is 11.2 Å². The van der Waals surface area contributed by atoms with E-state index in [2.05, 4.69) is 15.0 Å². The summed E-state index contributed by atoms with van der Waals surface area (Å²) in [6.07, 6.45) is -0.765. The van der Waals surface area contributed by atoms with E-state index in [9.17, 15) is 19.4 Å². The van der Waals surface area contributed by atoms with Gasteiger partial charge in [0.1, 0.15) is 17.7 Å². The molecule has 1 saturated heterocycles. The van der Waals surface area contributed by atoms with Crippen molar-refractivity contribution < 1.29 is 19.3 Å². The third-order valence-corrected chi connectivity index (χ3v) is 4.10. The van der Waals surface area contributed by atoms with Crippen molar-refractivity contribution in [2.75, 3.05) is 13.3 Å². The number of aliphatic hydroxyl groups is 2. The van der Waals surface area contributed by atoms with Crippen LogP contribution in [-0.4, -0.2) is 54.7 Å². The quantitative estimate of drug-likeness (QED) is 0.714. The Morgan fingerprint density at radius 2 is 2.32 bits per heavy atom. The molecule has 0 aliphatic carbocycles. The van der Waals surface area contributed by atoms with E-state index in [-0.39, 0.29) is 11.2 Å². The van der Waals surface area contributed by atoms with Gasteiger partial charge in [-0.1, -0.05) is 0 Å². The van der Waals surface area contributed by atoms with Crippen LogP contribution in [0, 0.1) is 12.8 Å². The Hall–Kier alpha value is -1.84. The number of aliphatic hydroxyl groups excluding tert-OH is 2. The predicted molar refractivity (Wildman–Crippen MR) is 74.0 cm³/mol. The Balaban J connectivity index is 2.13. The van der Waals surface area contributed by atoms with Crippen LogP contribution in [0.2, 0.25) is 0 Å². The zero-order valence-electron chi connectivity index (χ0n) is 12.2. The maximum atomic E-state index is 13.4. The Morgan fingerprint density at radius 3 is 2.95 bits per heavy atom. The van der Waals surface area contributed by atoms with Gasteiger partial charge in [0.2, 0.25) is 0 Å². The van der Waals surface area contributed by atoms with Crippen LogP contribution in [0.5, 0.6) is 0 Å². The van der Waals surface area contributed by atoms with Gasteiger partial charge in [0.05, 0.1) is 31.6 Å². The minimum absolute atomic E-state index is 0.110. The maximum Gasteiger partial charge on any atom is 0.279 e. The van der Waals surface area contributed by atoms with Gasteiger partial charge < -0.3 is 19.9 Å². The molecule has 0 radical (unpaired) electrons. The highest BCUT2D eigenvalue weighted by atomic mass is 19.1. The second-order valence-corrected chi connectivity index (χ2v) is 5.72. The number of fused-ring (bicyclic) bond motifs is 1. The summed E-state index contributed by atoms with van der Waals surface area (Å²) in [5.41, 5.74) is -1.33. The predicted octanol–water partition coefficient (Wildman–Crippen LogP) is -0.346. The monoisotopic (exact) mass is 312 g/mol. The van der Waals surface area contributed by atoms with Crippen LogP contribution >= 0.6 is 0 Å². The molecule has 22 heavy (non-hydrogen) atoms. The van der Waals surface area contributed by atoms with E-state index in [1.54, 1.807) is 6.92 Å². The fourth-order valence-corrected chi connectivity index (χ4v) is 2.82. The molecule has 0 bridgehead atoms. The van der Waals surface area contributed by atoms with E-state index in [4.69, 9.17) is 4.74 Å². The lowest BCUT2D eigenvalue weighted by Crippen LogP contribution is -2.42. The lowest BCUT2D eigenvalue weighted by Gasteiger charge is -2.25. The molecular weight excluding hydrogens is 295 g/mol. The standard InChI is InChI=1S/C13H17FN4O4/c1-6-16-10-8(11(21)17-6)15-5-18(10)12-7(3-14)9(20)13(2,4-19)22-12/h5,7,9,12,19-20H,3-4H2,1-2H3,(H,16,17,21)/t7-,9-,12+,13+/m0/s1. The largest absolute Gasteiger partial charge is 0.393 e. The van der Waals surface area contributed by atoms with Crippen molar-refractivity contribution in [2.45, 2.75) is 31.8 Å². The highest BCUT2D eigenvalue weighted by Gasteiger charge is 2.52. The molecule has 0 unspecified atom stereocenters. The molecule has 3 rings (SSSR count). The van der Waals surface area contributed by atoms with Crippen LogP contribution in [0.1, 0.15) is 19.0 Å². The summed E-state index contributed by atoms with van der Waals surface area (Å²) in [5.74, 6) is -0.504. The van der Waals surface area contributed by atoms with E-state index in [0.717, 1.165) is 0 Å². The van der Waals surface area contributed by atoms with E-state index in [0.29, 0.717) is 5.82 Å².